The molecule has 0 aromatic carbocycles. The second-order valence-electron chi connectivity index (χ2n) is 2.02. The molecule has 0 aromatic heterocycles. The topological polar surface area (TPSA) is 29.1 Å². The summed E-state index contributed by atoms with van der Waals surface area (Å²) >= 11 is 3.75. The maximum atomic E-state index is 11.0. The summed E-state index contributed by atoms with van der Waals surface area (Å²) in [7, 11) is 1.70. The molecule has 2 nitrogen and oxygen atoms in total. The van der Waals surface area contributed by atoms with Gasteiger partial charge in [0.2, 0.25) is 5.91 Å². The van der Waals surface area contributed by atoms with Gasteiger partial charge in [-0.05, 0) is 6.98 Å². The van der Waals surface area contributed by atoms with Crippen molar-refractivity contribution < 1.29 is 4.79 Å². The summed E-state index contributed by atoms with van der Waals surface area (Å²) in [4.78, 5) is 11.0. The number of hydrogen-bond acceptors (Lipinski definition) is 3. The van der Waals surface area contributed by atoms with Crippen LogP contribution in [0.3, 0.4) is 0 Å². The summed E-state index contributed by atoms with van der Waals surface area (Å²) in [5.41, 5.74) is 0. The molecule has 10 heavy (non-hydrogen) atoms. The van der Waals surface area contributed by atoms with Crippen LogP contribution in [-0.2, 0) is 4.79 Å². The lowest BCUT2D eigenvalue weighted by atomic mass is 10.2. The highest BCUT2D eigenvalue weighted by Crippen LogP contribution is 2.48. The maximum absolute atomic E-state index is 11.0. The molecule has 0 radical (unpaired) electrons. The van der Waals surface area contributed by atoms with Gasteiger partial charge in [-0.25, -0.2) is 0 Å². The first-order valence-electron chi connectivity index (χ1n) is 3.04. The van der Waals surface area contributed by atoms with Gasteiger partial charge >= 0.3 is 0 Å². The van der Waals surface area contributed by atoms with Crippen LogP contribution in [0, 0.1) is 5.92 Å². The summed E-state index contributed by atoms with van der Waals surface area (Å²) in [5, 5.41) is 2.67. The van der Waals surface area contributed by atoms with E-state index < -0.39 is 0 Å². The van der Waals surface area contributed by atoms with Crippen molar-refractivity contribution in [2.24, 2.45) is 5.92 Å². The molecule has 1 rings (SSSR count). The lowest BCUT2D eigenvalue weighted by molar-refractivity contribution is -0.123. The van der Waals surface area contributed by atoms with E-state index in [1.54, 1.807) is 7.05 Å². The van der Waals surface area contributed by atoms with E-state index in [9.17, 15) is 4.79 Å². The highest BCUT2D eigenvalue weighted by Gasteiger charge is 2.20. The van der Waals surface area contributed by atoms with E-state index in [0.29, 0.717) is 0 Å². The lowest BCUT2D eigenvalue weighted by Gasteiger charge is -2.18. The quantitative estimate of drug-likeness (QED) is 0.640. The smallest absolute Gasteiger partial charge is 0.224 e. The number of amides is 1. The minimum Gasteiger partial charge on any atom is -0.359 e. The number of rotatable bonds is 1. The number of carbonyl (C=O) groups is 1. The van der Waals surface area contributed by atoms with Crippen LogP contribution < -0.4 is 5.32 Å². The number of nitrogens with one attached hydrogen (secondary N) is 1. The molecular formula is C5H10NOPS2. The summed E-state index contributed by atoms with van der Waals surface area (Å²) in [5.74, 6) is 2.46. The largest absolute Gasteiger partial charge is 0.359 e. The van der Waals surface area contributed by atoms with Crippen molar-refractivity contribution in [3.63, 3.8) is 0 Å². The van der Waals surface area contributed by atoms with Gasteiger partial charge in [-0.15, -0.1) is 22.8 Å². The van der Waals surface area contributed by atoms with Crippen LogP contribution >= 0.6 is 29.7 Å². The Balaban J connectivity index is 2.31. The van der Waals surface area contributed by atoms with Crippen molar-refractivity contribution in [1.82, 2.24) is 5.32 Å². The van der Waals surface area contributed by atoms with Crippen LogP contribution in [-0.4, -0.2) is 24.5 Å². The van der Waals surface area contributed by atoms with E-state index in [2.05, 4.69) is 5.32 Å². The molecule has 1 aliphatic rings. The zero-order chi connectivity index (χ0) is 7.40. The maximum Gasteiger partial charge on any atom is 0.224 e. The molecule has 1 amide bonds. The average Bonchev–Trinajstić information content (AvgIpc) is 2.05. The third-order valence-corrected chi connectivity index (χ3v) is 6.51. The molecule has 0 aromatic rings. The normalized spacial score (nSPS) is 28.3. The number of carbonyl (C=O) groups excluding carboxylic acids is 1. The molecular weight excluding hydrogens is 185 g/mol. The van der Waals surface area contributed by atoms with Crippen LogP contribution in [0.5, 0.6) is 0 Å². The summed E-state index contributed by atoms with van der Waals surface area (Å²) in [6.45, 7) is 0.935. The van der Waals surface area contributed by atoms with Crippen molar-refractivity contribution >= 4 is 35.7 Å². The Morgan fingerprint density at radius 2 is 2.20 bits per heavy atom. The molecule has 0 unspecified atom stereocenters. The van der Waals surface area contributed by atoms with Gasteiger partial charge in [0, 0.05) is 18.6 Å². The van der Waals surface area contributed by atoms with Gasteiger partial charge in [0.15, 0.2) is 0 Å². The predicted octanol–water partition coefficient (Wildman–Crippen LogP) is 1.34. The standard InChI is InChI=1S/C5H10NOPS2/c1-6-5(7)4-2-9-8-10-3-4/h4,8H,2-3H2,1H3,(H,6,7). The zero-order valence-electron chi connectivity index (χ0n) is 5.72. The van der Waals surface area contributed by atoms with Crippen LogP contribution in [0.1, 0.15) is 0 Å². The Kier molecular flexibility index (Phi) is 3.89. The van der Waals surface area contributed by atoms with Crippen molar-refractivity contribution in [2.75, 3.05) is 18.6 Å². The predicted molar refractivity (Wildman–Crippen MR) is 50.8 cm³/mol. The molecule has 0 saturated carbocycles. The Labute approximate surface area is 70.6 Å². The first-order chi connectivity index (χ1) is 4.84. The molecule has 1 fully saturated rings. The summed E-state index contributed by atoms with van der Waals surface area (Å²) in [6, 6.07) is 0. The van der Waals surface area contributed by atoms with Gasteiger partial charge in [-0.3, -0.25) is 4.79 Å². The van der Waals surface area contributed by atoms with E-state index in [1.807, 2.05) is 22.8 Å². The average molecular weight is 195 g/mol. The first kappa shape index (κ1) is 8.69. The highest BCUT2D eigenvalue weighted by atomic mass is 33.1. The van der Waals surface area contributed by atoms with Crippen molar-refractivity contribution in [3.05, 3.63) is 0 Å². The van der Waals surface area contributed by atoms with Gasteiger partial charge < -0.3 is 5.32 Å². The fourth-order valence-corrected chi connectivity index (χ4v) is 5.86. The summed E-state index contributed by atoms with van der Waals surface area (Å²) in [6.07, 6.45) is 0. The van der Waals surface area contributed by atoms with Crippen LogP contribution in [0.25, 0.3) is 0 Å². The van der Waals surface area contributed by atoms with Crippen molar-refractivity contribution in [1.29, 1.82) is 0 Å². The third kappa shape index (κ3) is 2.33. The zero-order valence-corrected chi connectivity index (χ0v) is 8.35. The molecule has 0 spiro atoms. The molecule has 58 valence electrons. The minimum absolute atomic E-state index is 0.199. The van der Waals surface area contributed by atoms with Gasteiger partial charge in [-0.1, -0.05) is 0 Å². The molecule has 0 bridgehead atoms. The van der Waals surface area contributed by atoms with E-state index in [4.69, 9.17) is 0 Å². The van der Waals surface area contributed by atoms with Crippen LogP contribution in [0.15, 0.2) is 0 Å². The fraction of sp³-hybridized carbons (Fsp3) is 0.800. The Morgan fingerprint density at radius 3 is 2.70 bits per heavy atom. The number of hydrogen-bond donors (Lipinski definition) is 1. The molecule has 0 aliphatic carbocycles. The van der Waals surface area contributed by atoms with Gasteiger partial charge in [-0.2, -0.15) is 0 Å². The van der Waals surface area contributed by atoms with Gasteiger partial charge in [0.1, 0.15) is 0 Å². The Morgan fingerprint density at radius 1 is 1.60 bits per heavy atom. The molecule has 5 heteroatoms. The minimum atomic E-state index is 0.199. The fourth-order valence-electron chi connectivity index (χ4n) is 0.715. The van der Waals surface area contributed by atoms with E-state index in [-0.39, 0.29) is 11.8 Å². The Hall–Kier alpha value is 0.600. The molecule has 1 N–H and O–H groups in total. The third-order valence-electron chi connectivity index (χ3n) is 1.30. The molecule has 1 aliphatic heterocycles. The molecule has 1 saturated heterocycles. The van der Waals surface area contributed by atoms with E-state index in [1.165, 1.54) is 0 Å². The Bertz CT molecular complexity index is 127. The first-order valence-corrected chi connectivity index (χ1v) is 7.47. The van der Waals surface area contributed by atoms with Crippen LogP contribution in [0.4, 0.5) is 0 Å². The van der Waals surface area contributed by atoms with Crippen molar-refractivity contribution in [2.45, 2.75) is 0 Å². The van der Waals surface area contributed by atoms with Gasteiger partial charge in [0.05, 0.1) is 5.92 Å². The van der Waals surface area contributed by atoms with Gasteiger partial charge in [0.25, 0.3) is 0 Å². The van der Waals surface area contributed by atoms with E-state index in [0.717, 1.165) is 18.5 Å². The highest BCUT2D eigenvalue weighted by molar-refractivity contribution is 8.82. The molecule has 1 heterocycles. The van der Waals surface area contributed by atoms with E-state index >= 15 is 0 Å². The summed E-state index contributed by atoms with van der Waals surface area (Å²) < 4.78 is 0. The SMILES string of the molecule is CNC(=O)C1CSPSC1. The second kappa shape index (κ2) is 4.47. The molecule has 0 atom stereocenters. The second-order valence-corrected chi connectivity index (χ2v) is 7.16. The monoisotopic (exact) mass is 195 g/mol. The van der Waals surface area contributed by atoms with Crippen LogP contribution in [0.2, 0.25) is 0 Å². The van der Waals surface area contributed by atoms with Crippen molar-refractivity contribution in [3.8, 4) is 0 Å². The lowest BCUT2D eigenvalue weighted by Crippen LogP contribution is -2.30.